The summed E-state index contributed by atoms with van der Waals surface area (Å²) in [5, 5.41) is 4.23. The molecule has 2 heterocycles. The number of fused-ring (bicyclic) bond motifs is 1. The fraction of sp³-hybridized carbons (Fsp3) is 0.500. The number of hydrogen-bond acceptors (Lipinski definition) is 4. The van der Waals surface area contributed by atoms with E-state index in [1.54, 1.807) is 22.6 Å². The summed E-state index contributed by atoms with van der Waals surface area (Å²) >= 11 is 0. The van der Waals surface area contributed by atoms with E-state index in [0.29, 0.717) is 29.4 Å². The Morgan fingerprint density at radius 3 is 2.68 bits per heavy atom. The Hall–Kier alpha value is -1.21. The largest absolute Gasteiger partial charge is 0.317 e. The summed E-state index contributed by atoms with van der Waals surface area (Å²) in [5.41, 5.74) is 1.60. The van der Waals surface area contributed by atoms with Gasteiger partial charge in [-0.2, -0.15) is 4.31 Å². The molecular formula is C18H26ClN3O2S. The number of sulfonamides is 1. The molecule has 0 unspecified atom stereocenters. The van der Waals surface area contributed by atoms with Crippen LogP contribution in [-0.2, 0) is 10.0 Å². The van der Waals surface area contributed by atoms with Crippen molar-refractivity contribution in [2.45, 2.75) is 31.6 Å². The van der Waals surface area contributed by atoms with E-state index in [0.717, 1.165) is 36.9 Å². The van der Waals surface area contributed by atoms with Gasteiger partial charge in [0.1, 0.15) is 4.90 Å². The SMILES string of the molecule is CCNCC1CCN(S(=O)(=O)c2cccc3cc(C)cnc23)CC1.Cl. The third-order valence-corrected chi connectivity index (χ3v) is 6.62. The zero-order chi connectivity index (χ0) is 17.2. The topological polar surface area (TPSA) is 62.3 Å². The van der Waals surface area contributed by atoms with Crippen molar-refractivity contribution in [3.63, 3.8) is 0 Å². The lowest BCUT2D eigenvalue weighted by atomic mass is 9.98. The molecule has 0 spiro atoms. The first-order chi connectivity index (χ1) is 11.5. The van der Waals surface area contributed by atoms with Crippen molar-refractivity contribution in [2.24, 2.45) is 5.92 Å². The standard InChI is InChI=1S/C18H25N3O2S.ClH/c1-3-19-13-15-7-9-21(10-8-15)24(22,23)17-6-4-5-16-11-14(2)12-20-18(16)17;/h4-6,11-12,15,19H,3,7-10,13H2,1-2H3;1H. The average Bonchev–Trinajstić information content (AvgIpc) is 2.59. The molecule has 0 aliphatic carbocycles. The zero-order valence-electron chi connectivity index (χ0n) is 14.7. The molecule has 0 atom stereocenters. The van der Waals surface area contributed by atoms with Crippen LogP contribution in [0, 0.1) is 12.8 Å². The van der Waals surface area contributed by atoms with E-state index in [1.807, 2.05) is 19.1 Å². The van der Waals surface area contributed by atoms with Crippen LogP contribution in [-0.4, -0.2) is 43.9 Å². The summed E-state index contributed by atoms with van der Waals surface area (Å²) in [5.74, 6) is 0.560. The third-order valence-electron chi connectivity index (χ3n) is 4.69. The van der Waals surface area contributed by atoms with Gasteiger partial charge in [0, 0.05) is 24.7 Å². The first-order valence-corrected chi connectivity index (χ1v) is 10.0. The number of pyridine rings is 1. The van der Waals surface area contributed by atoms with Gasteiger partial charge in [0.25, 0.3) is 0 Å². The maximum atomic E-state index is 13.1. The highest BCUT2D eigenvalue weighted by Gasteiger charge is 2.30. The molecule has 3 rings (SSSR count). The lowest BCUT2D eigenvalue weighted by Crippen LogP contribution is -2.40. The highest BCUT2D eigenvalue weighted by Crippen LogP contribution is 2.28. The van der Waals surface area contributed by atoms with E-state index in [4.69, 9.17) is 0 Å². The van der Waals surface area contributed by atoms with Crippen LogP contribution in [0.4, 0.5) is 0 Å². The maximum Gasteiger partial charge on any atom is 0.245 e. The molecule has 1 aromatic carbocycles. The van der Waals surface area contributed by atoms with Gasteiger partial charge in [0.05, 0.1) is 5.52 Å². The second-order valence-corrected chi connectivity index (χ2v) is 8.40. The molecule has 0 saturated carbocycles. The molecule has 1 fully saturated rings. The Labute approximate surface area is 156 Å². The van der Waals surface area contributed by atoms with E-state index in [-0.39, 0.29) is 12.4 Å². The van der Waals surface area contributed by atoms with Gasteiger partial charge in [0.15, 0.2) is 0 Å². The van der Waals surface area contributed by atoms with Crippen molar-refractivity contribution < 1.29 is 8.42 Å². The van der Waals surface area contributed by atoms with Gasteiger partial charge in [-0.3, -0.25) is 4.98 Å². The van der Waals surface area contributed by atoms with Gasteiger partial charge in [-0.1, -0.05) is 19.1 Å². The van der Waals surface area contributed by atoms with Gasteiger partial charge >= 0.3 is 0 Å². The van der Waals surface area contributed by atoms with E-state index in [1.165, 1.54) is 0 Å². The number of benzene rings is 1. The van der Waals surface area contributed by atoms with Crippen molar-refractivity contribution in [3.8, 4) is 0 Å². The van der Waals surface area contributed by atoms with Crippen LogP contribution in [0.1, 0.15) is 25.3 Å². The summed E-state index contributed by atoms with van der Waals surface area (Å²) < 4.78 is 27.8. The Morgan fingerprint density at radius 1 is 1.28 bits per heavy atom. The molecule has 1 saturated heterocycles. The Kier molecular flexibility index (Phi) is 6.79. The Balaban J connectivity index is 0.00000225. The number of para-hydroxylation sites is 1. The minimum absolute atomic E-state index is 0. The van der Waals surface area contributed by atoms with Crippen molar-refractivity contribution >= 4 is 33.3 Å². The third kappa shape index (κ3) is 4.31. The summed E-state index contributed by atoms with van der Waals surface area (Å²) in [4.78, 5) is 4.71. The maximum absolute atomic E-state index is 13.1. The molecule has 2 aromatic rings. The molecule has 1 aliphatic heterocycles. The van der Waals surface area contributed by atoms with Crippen molar-refractivity contribution in [1.82, 2.24) is 14.6 Å². The van der Waals surface area contributed by atoms with E-state index >= 15 is 0 Å². The van der Waals surface area contributed by atoms with Gasteiger partial charge in [0.2, 0.25) is 10.0 Å². The van der Waals surface area contributed by atoms with Crippen LogP contribution in [0.5, 0.6) is 0 Å². The molecule has 7 heteroatoms. The molecule has 1 aliphatic rings. The number of rotatable bonds is 5. The molecule has 0 radical (unpaired) electrons. The van der Waals surface area contributed by atoms with Crippen LogP contribution >= 0.6 is 12.4 Å². The second-order valence-electron chi connectivity index (χ2n) is 6.50. The van der Waals surface area contributed by atoms with Gasteiger partial charge in [-0.05, 0) is 56.5 Å². The van der Waals surface area contributed by atoms with Crippen LogP contribution in [0.2, 0.25) is 0 Å². The smallest absolute Gasteiger partial charge is 0.245 e. The molecule has 1 aromatic heterocycles. The molecular weight excluding hydrogens is 358 g/mol. The molecule has 25 heavy (non-hydrogen) atoms. The van der Waals surface area contributed by atoms with Crippen molar-refractivity contribution in [2.75, 3.05) is 26.2 Å². The first kappa shape index (κ1) is 20.1. The number of aromatic nitrogens is 1. The summed E-state index contributed by atoms with van der Waals surface area (Å²) in [7, 11) is -3.49. The van der Waals surface area contributed by atoms with Crippen LogP contribution < -0.4 is 5.32 Å². The quantitative estimate of drug-likeness (QED) is 0.862. The summed E-state index contributed by atoms with van der Waals surface area (Å²) in [6.07, 6.45) is 3.54. The lowest BCUT2D eigenvalue weighted by Gasteiger charge is -2.31. The summed E-state index contributed by atoms with van der Waals surface area (Å²) in [6.45, 7) is 7.15. The second kappa shape index (κ2) is 8.45. The molecule has 5 nitrogen and oxygen atoms in total. The average molecular weight is 384 g/mol. The van der Waals surface area contributed by atoms with E-state index in [2.05, 4.69) is 17.2 Å². The summed E-state index contributed by atoms with van der Waals surface area (Å²) in [6, 6.07) is 7.36. The number of piperidine rings is 1. The van der Waals surface area contributed by atoms with E-state index in [9.17, 15) is 8.42 Å². The highest BCUT2D eigenvalue weighted by molar-refractivity contribution is 7.89. The number of halogens is 1. The zero-order valence-corrected chi connectivity index (χ0v) is 16.4. The molecule has 0 bridgehead atoms. The lowest BCUT2D eigenvalue weighted by molar-refractivity contribution is 0.268. The minimum Gasteiger partial charge on any atom is -0.317 e. The first-order valence-electron chi connectivity index (χ1n) is 8.58. The van der Waals surface area contributed by atoms with Crippen LogP contribution in [0.15, 0.2) is 35.4 Å². The minimum atomic E-state index is -3.49. The normalized spacial score (nSPS) is 16.7. The fourth-order valence-corrected chi connectivity index (χ4v) is 4.93. The number of aryl methyl sites for hydroxylation is 1. The predicted molar refractivity (Wildman–Crippen MR) is 104 cm³/mol. The molecule has 0 amide bonds. The number of hydrogen-bond donors (Lipinski definition) is 1. The fourth-order valence-electron chi connectivity index (χ4n) is 3.29. The molecule has 138 valence electrons. The van der Waals surface area contributed by atoms with Crippen LogP contribution in [0.25, 0.3) is 10.9 Å². The Morgan fingerprint density at radius 2 is 2.00 bits per heavy atom. The number of nitrogens with one attached hydrogen (secondary N) is 1. The Bertz CT molecular complexity index is 818. The van der Waals surface area contributed by atoms with Gasteiger partial charge in [-0.25, -0.2) is 8.42 Å². The number of nitrogens with zero attached hydrogens (tertiary/aromatic N) is 2. The highest BCUT2D eigenvalue weighted by atomic mass is 35.5. The predicted octanol–water partition coefficient (Wildman–Crippen LogP) is 2.98. The van der Waals surface area contributed by atoms with E-state index < -0.39 is 10.0 Å². The van der Waals surface area contributed by atoms with Crippen LogP contribution in [0.3, 0.4) is 0 Å². The van der Waals surface area contributed by atoms with Crippen molar-refractivity contribution in [3.05, 3.63) is 36.0 Å². The monoisotopic (exact) mass is 383 g/mol. The van der Waals surface area contributed by atoms with Gasteiger partial charge < -0.3 is 5.32 Å². The van der Waals surface area contributed by atoms with Gasteiger partial charge in [-0.15, -0.1) is 12.4 Å². The molecule has 1 N–H and O–H groups in total. The van der Waals surface area contributed by atoms with Crippen molar-refractivity contribution in [1.29, 1.82) is 0 Å².